The second-order valence-corrected chi connectivity index (χ2v) is 8.01. The predicted octanol–water partition coefficient (Wildman–Crippen LogP) is 4.62. The lowest BCUT2D eigenvalue weighted by atomic mass is 10.1. The van der Waals surface area contributed by atoms with Crippen LogP contribution < -0.4 is 5.32 Å². The summed E-state index contributed by atoms with van der Waals surface area (Å²) < 4.78 is 66.7. The molecule has 28 heavy (non-hydrogen) atoms. The maximum Gasteiger partial charge on any atom is 0.416 e. The smallest absolute Gasteiger partial charge is 0.416 e. The fraction of sp³-hybridized carbons (Fsp3) is 0.105. The van der Waals surface area contributed by atoms with Crippen molar-refractivity contribution in [2.45, 2.75) is 11.1 Å². The highest BCUT2D eigenvalue weighted by Crippen LogP contribution is 2.32. The lowest BCUT2D eigenvalue weighted by molar-refractivity contribution is -0.137. The lowest BCUT2D eigenvalue weighted by Gasteiger charge is -2.07. The number of benzene rings is 2. The number of nitrogens with one attached hydrogen (secondary N) is 1. The van der Waals surface area contributed by atoms with Gasteiger partial charge in [0, 0.05) is 17.5 Å². The highest BCUT2D eigenvalue weighted by molar-refractivity contribution is 7.90. The molecule has 0 fully saturated rings. The van der Waals surface area contributed by atoms with Crippen molar-refractivity contribution in [3.63, 3.8) is 0 Å². The second-order valence-electron chi connectivity index (χ2n) is 5.99. The van der Waals surface area contributed by atoms with Gasteiger partial charge in [-0.15, -0.1) is 0 Å². The Kier molecular flexibility index (Phi) is 5.03. The standard InChI is InChI=1S/C19H14F3NO4S/c1-28(25,26)15-7-5-14(6-8-15)23-18(24)17-10-9-16(27-17)12-3-2-4-13(11-12)19(20,21)22/h2-11H,1H3,(H,23,24). The first-order valence-corrected chi connectivity index (χ1v) is 9.82. The first-order valence-electron chi connectivity index (χ1n) is 7.93. The third-order valence-corrected chi connectivity index (χ3v) is 4.97. The van der Waals surface area contributed by atoms with Gasteiger partial charge in [0.1, 0.15) is 5.76 Å². The summed E-state index contributed by atoms with van der Waals surface area (Å²) in [4.78, 5) is 12.4. The number of furan rings is 1. The summed E-state index contributed by atoms with van der Waals surface area (Å²) in [7, 11) is -3.35. The Hall–Kier alpha value is -3.07. The molecule has 146 valence electrons. The van der Waals surface area contributed by atoms with Gasteiger partial charge in [-0.05, 0) is 48.5 Å². The molecule has 1 N–H and O–H groups in total. The summed E-state index contributed by atoms with van der Waals surface area (Å²) in [5.41, 5.74) is -0.292. The average Bonchev–Trinajstić information content (AvgIpc) is 3.11. The number of hydrogen-bond acceptors (Lipinski definition) is 4. The first kappa shape index (κ1) is 19.7. The van der Waals surface area contributed by atoms with Gasteiger partial charge in [0.2, 0.25) is 0 Å². The second kappa shape index (κ2) is 7.16. The van der Waals surface area contributed by atoms with E-state index in [1.165, 1.54) is 48.5 Å². The van der Waals surface area contributed by atoms with Crippen molar-refractivity contribution in [1.82, 2.24) is 0 Å². The molecule has 0 saturated heterocycles. The average molecular weight is 409 g/mol. The predicted molar refractivity (Wildman–Crippen MR) is 96.7 cm³/mol. The van der Waals surface area contributed by atoms with Gasteiger partial charge < -0.3 is 9.73 Å². The molecule has 0 bridgehead atoms. The van der Waals surface area contributed by atoms with Gasteiger partial charge in [0.15, 0.2) is 15.6 Å². The van der Waals surface area contributed by atoms with Gasteiger partial charge in [0.05, 0.1) is 10.5 Å². The zero-order valence-corrected chi connectivity index (χ0v) is 15.3. The number of anilines is 1. The van der Waals surface area contributed by atoms with E-state index in [1.54, 1.807) is 0 Å². The molecule has 0 atom stereocenters. The van der Waals surface area contributed by atoms with Crippen molar-refractivity contribution in [2.24, 2.45) is 0 Å². The highest BCUT2D eigenvalue weighted by atomic mass is 32.2. The van der Waals surface area contributed by atoms with Crippen LogP contribution in [0.15, 0.2) is 70.0 Å². The minimum atomic E-state index is -4.49. The molecule has 1 aromatic heterocycles. The maximum absolute atomic E-state index is 12.8. The minimum absolute atomic E-state index is 0.0976. The van der Waals surface area contributed by atoms with E-state index in [2.05, 4.69) is 5.32 Å². The van der Waals surface area contributed by atoms with Crippen LogP contribution in [-0.2, 0) is 16.0 Å². The zero-order valence-electron chi connectivity index (χ0n) is 14.4. The third-order valence-electron chi connectivity index (χ3n) is 3.84. The Morgan fingerprint density at radius 3 is 2.29 bits per heavy atom. The molecule has 2 aromatic carbocycles. The minimum Gasteiger partial charge on any atom is -0.451 e. The van der Waals surface area contributed by atoms with Crippen LogP contribution in [0.5, 0.6) is 0 Å². The van der Waals surface area contributed by atoms with E-state index < -0.39 is 27.5 Å². The number of carbonyl (C=O) groups is 1. The van der Waals surface area contributed by atoms with Gasteiger partial charge in [-0.1, -0.05) is 12.1 Å². The molecule has 9 heteroatoms. The molecule has 3 rings (SSSR count). The zero-order chi connectivity index (χ0) is 20.5. The SMILES string of the molecule is CS(=O)(=O)c1ccc(NC(=O)c2ccc(-c3cccc(C(F)(F)F)c3)o2)cc1. The molecule has 0 aliphatic carbocycles. The topological polar surface area (TPSA) is 76.4 Å². The normalized spacial score (nSPS) is 12.0. The van der Waals surface area contributed by atoms with Gasteiger partial charge in [0.25, 0.3) is 5.91 Å². The molecule has 0 saturated carbocycles. The third kappa shape index (κ3) is 4.42. The van der Waals surface area contributed by atoms with E-state index in [1.807, 2.05) is 0 Å². The van der Waals surface area contributed by atoms with E-state index >= 15 is 0 Å². The fourth-order valence-corrected chi connectivity index (χ4v) is 3.07. The van der Waals surface area contributed by atoms with E-state index in [0.717, 1.165) is 18.4 Å². The molecule has 3 aromatic rings. The van der Waals surface area contributed by atoms with Crippen molar-refractivity contribution in [3.05, 3.63) is 72.0 Å². The van der Waals surface area contributed by atoms with Gasteiger partial charge in [-0.2, -0.15) is 13.2 Å². The Balaban J connectivity index is 1.78. The van der Waals surface area contributed by atoms with E-state index in [0.29, 0.717) is 5.69 Å². The molecule has 0 spiro atoms. The fourth-order valence-electron chi connectivity index (χ4n) is 2.44. The Morgan fingerprint density at radius 1 is 1.00 bits per heavy atom. The van der Waals surface area contributed by atoms with Gasteiger partial charge in [-0.3, -0.25) is 4.79 Å². The van der Waals surface area contributed by atoms with Gasteiger partial charge in [-0.25, -0.2) is 8.42 Å². The van der Waals surface area contributed by atoms with Crippen molar-refractivity contribution in [1.29, 1.82) is 0 Å². The number of amides is 1. The number of sulfone groups is 1. The monoisotopic (exact) mass is 409 g/mol. The number of rotatable bonds is 4. The summed E-state index contributed by atoms with van der Waals surface area (Å²) in [6.07, 6.45) is -3.42. The Morgan fingerprint density at radius 2 is 1.68 bits per heavy atom. The van der Waals surface area contributed by atoms with Crippen LogP contribution in [0.25, 0.3) is 11.3 Å². The summed E-state index contributed by atoms with van der Waals surface area (Å²) >= 11 is 0. The van der Waals surface area contributed by atoms with E-state index in [9.17, 15) is 26.4 Å². The largest absolute Gasteiger partial charge is 0.451 e. The molecule has 0 aliphatic heterocycles. The molecule has 0 unspecified atom stereocenters. The molecule has 0 radical (unpaired) electrons. The summed E-state index contributed by atoms with van der Waals surface area (Å²) in [6, 6.07) is 12.9. The van der Waals surface area contributed by atoms with Crippen LogP contribution in [0.1, 0.15) is 16.1 Å². The Bertz CT molecular complexity index is 1120. The molecule has 1 heterocycles. The maximum atomic E-state index is 12.8. The quantitative estimate of drug-likeness (QED) is 0.682. The van der Waals surface area contributed by atoms with E-state index in [4.69, 9.17) is 4.42 Å². The van der Waals surface area contributed by atoms with Crippen molar-refractivity contribution in [3.8, 4) is 11.3 Å². The van der Waals surface area contributed by atoms with E-state index in [-0.39, 0.29) is 22.0 Å². The molecular formula is C19H14F3NO4S. The highest BCUT2D eigenvalue weighted by Gasteiger charge is 2.30. The van der Waals surface area contributed by atoms with Crippen LogP contribution in [0, 0.1) is 0 Å². The number of halogens is 3. The summed E-state index contributed by atoms with van der Waals surface area (Å²) in [6.45, 7) is 0. The molecule has 5 nitrogen and oxygen atoms in total. The van der Waals surface area contributed by atoms with Crippen LogP contribution >= 0.6 is 0 Å². The molecular weight excluding hydrogens is 395 g/mol. The lowest BCUT2D eigenvalue weighted by Crippen LogP contribution is -2.11. The van der Waals surface area contributed by atoms with Crippen molar-refractivity contribution >= 4 is 21.4 Å². The molecule has 0 aliphatic rings. The summed E-state index contributed by atoms with van der Waals surface area (Å²) in [5.74, 6) is -0.603. The van der Waals surface area contributed by atoms with Crippen molar-refractivity contribution < 1.29 is 30.8 Å². The van der Waals surface area contributed by atoms with Crippen molar-refractivity contribution in [2.75, 3.05) is 11.6 Å². The molecule has 1 amide bonds. The number of carbonyl (C=O) groups excluding carboxylic acids is 1. The number of hydrogen-bond donors (Lipinski definition) is 1. The summed E-state index contributed by atoms with van der Waals surface area (Å²) in [5, 5.41) is 2.53. The van der Waals surface area contributed by atoms with Crippen LogP contribution in [0.2, 0.25) is 0 Å². The van der Waals surface area contributed by atoms with Crippen LogP contribution in [-0.4, -0.2) is 20.6 Å². The van der Waals surface area contributed by atoms with Crippen LogP contribution in [0.4, 0.5) is 18.9 Å². The number of alkyl halides is 3. The van der Waals surface area contributed by atoms with Gasteiger partial charge >= 0.3 is 6.18 Å². The Labute approximate surface area is 158 Å². The first-order chi connectivity index (χ1) is 13.0. The van der Waals surface area contributed by atoms with Crippen LogP contribution in [0.3, 0.4) is 0 Å².